The Morgan fingerprint density at radius 3 is 2.65 bits per heavy atom. The van der Waals surface area contributed by atoms with Crippen LogP contribution in [-0.4, -0.2) is 6.01 Å². The molecular weight excluding hydrogens is 248 g/mol. The molecule has 3 nitrogen and oxygen atoms in total. The van der Waals surface area contributed by atoms with E-state index in [0.717, 1.165) is 27.8 Å². The van der Waals surface area contributed by atoms with Crippen LogP contribution in [0.1, 0.15) is 11.3 Å². The standard InChI is InChI=1S/C17H12N2O/c18-12-19-16-7-6-14-10-13(3-5-15(14)11-16)4-8-17-2-1-9-20-17/h1-11,18H/b8-4+. The van der Waals surface area contributed by atoms with Crippen molar-refractivity contribution in [2.24, 2.45) is 4.99 Å². The van der Waals surface area contributed by atoms with E-state index in [4.69, 9.17) is 9.83 Å². The van der Waals surface area contributed by atoms with E-state index >= 15 is 0 Å². The monoisotopic (exact) mass is 260 g/mol. The van der Waals surface area contributed by atoms with Crippen molar-refractivity contribution >= 4 is 34.6 Å². The molecule has 0 fully saturated rings. The number of hydrogen-bond acceptors (Lipinski definition) is 3. The number of furan rings is 1. The minimum atomic E-state index is 0.742. The third kappa shape index (κ3) is 2.58. The van der Waals surface area contributed by atoms with Gasteiger partial charge in [-0.2, -0.15) is 4.99 Å². The van der Waals surface area contributed by atoms with Crippen LogP contribution in [-0.2, 0) is 0 Å². The summed E-state index contributed by atoms with van der Waals surface area (Å²) in [5.41, 5.74) is 1.85. The molecule has 0 aliphatic rings. The maximum absolute atomic E-state index is 6.87. The maximum Gasteiger partial charge on any atom is 0.126 e. The molecule has 0 aliphatic heterocycles. The summed E-state index contributed by atoms with van der Waals surface area (Å²) in [4.78, 5) is 3.84. The zero-order valence-corrected chi connectivity index (χ0v) is 10.7. The number of rotatable bonds is 3. The Bertz CT molecular complexity index is 810. The third-order valence-electron chi connectivity index (χ3n) is 3.02. The second-order valence-electron chi connectivity index (χ2n) is 4.36. The molecule has 3 aromatic rings. The lowest BCUT2D eigenvalue weighted by atomic mass is 10.1. The van der Waals surface area contributed by atoms with Gasteiger partial charge in [-0.15, -0.1) is 0 Å². The van der Waals surface area contributed by atoms with E-state index in [-0.39, 0.29) is 0 Å². The van der Waals surface area contributed by atoms with Crippen LogP contribution in [0.25, 0.3) is 22.9 Å². The fraction of sp³-hybridized carbons (Fsp3) is 0. The van der Waals surface area contributed by atoms with Crippen molar-refractivity contribution in [2.45, 2.75) is 0 Å². The van der Waals surface area contributed by atoms with Crippen LogP contribution in [0.3, 0.4) is 0 Å². The highest BCUT2D eigenvalue weighted by molar-refractivity contribution is 5.88. The Morgan fingerprint density at radius 1 is 1.00 bits per heavy atom. The van der Waals surface area contributed by atoms with Gasteiger partial charge in [0.2, 0.25) is 0 Å². The molecule has 0 saturated heterocycles. The van der Waals surface area contributed by atoms with Gasteiger partial charge in [-0.3, -0.25) is 0 Å². The molecule has 0 radical (unpaired) electrons. The lowest BCUT2D eigenvalue weighted by Crippen LogP contribution is -1.76. The van der Waals surface area contributed by atoms with Gasteiger partial charge >= 0.3 is 0 Å². The van der Waals surface area contributed by atoms with Gasteiger partial charge in [0.05, 0.1) is 18.0 Å². The van der Waals surface area contributed by atoms with Crippen LogP contribution >= 0.6 is 0 Å². The molecule has 1 aromatic heterocycles. The fourth-order valence-corrected chi connectivity index (χ4v) is 2.05. The van der Waals surface area contributed by atoms with Crippen molar-refractivity contribution in [1.29, 1.82) is 5.41 Å². The number of benzene rings is 2. The zero-order chi connectivity index (χ0) is 13.8. The Morgan fingerprint density at radius 2 is 1.85 bits per heavy atom. The number of fused-ring (bicyclic) bond motifs is 1. The molecule has 0 aliphatic carbocycles. The van der Waals surface area contributed by atoms with E-state index < -0.39 is 0 Å². The molecule has 0 spiro atoms. The molecule has 3 heteroatoms. The Labute approximate surface area is 116 Å². The molecule has 0 amide bonds. The molecule has 0 unspecified atom stereocenters. The predicted octanol–water partition coefficient (Wildman–Crippen LogP) is 4.99. The van der Waals surface area contributed by atoms with Crippen molar-refractivity contribution in [3.8, 4) is 0 Å². The Balaban J connectivity index is 1.95. The molecule has 1 heterocycles. The highest BCUT2D eigenvalue weighted by Gasteiger charge is 1.97. The second kappa shape index (κ2) is 5.39. The van der Waals surface area contributed by atoms with Crippen LogP contribution < -0.4 is 0 Å². The van der Waals surface area contributed by atoms with E-state index in [2.05, 4.69) is 11.1 Å². The molecule has 1 N–H and O–H groups in total. The third-order valence-corrected chi connectivity index (χ3v) is 3.02. The summed E-state index contributed by atoms with van der Waals surface area (Å²) in [6, 6.07) is 17.8. The van der Waals surface area contributed by atoms with Crippen LogP contribution in [0.5, 0.6) is 0 Å². The van der Waals surface area contributed by atoms with E-state index in [1.807, 2.05) is 60.6 Å². The highest BCUT2D eigenvalue weighted by atomic mass is 16.3. The van der Waals surface area contributed by atoms with E-state index in [1.165, 1.54) is 0 Å². The van der Waals surface area contributed by atoms with Gasteiger partial charge in [-0.05, 0) is 52.7 Å². The first-order valence-corrected chi connectivity index (χ1v) is 6.23. The maximum atomic E-state index is 6.87. The van der Waals surface area contributed by atoms with Crippen LogP contribution in [0.4, 0.5) is 5.69 Å². The van der Waals surface area contributed by atoms with Crippen molar-refractivity contribution < 1.29 is 4.42 Å². The van der Waals surface area contributed by atoms with Gasteiger partial charge in [0.25, 0.3) is 0 Å². The summed E-state index contributed by atoms with van der Waals surface area (Å²) < 4.78 is 5.26. The first-order chi connectivity index (χ1) is 9.85. The highest BCUT2D eigenvalue weighted by Crippen LogP contribution is 2.23. The summed E-state index contributed by atoms with van der Waals surface area (Å²) in [5.74, 6) is 0.834. The molecule has 0 atom stereocenters. The van der Waals surface area contributed by atoms with Gasteiger partial charge in [0, 0.05) is 0 Å². The Hall–Kier alpha value is -2.90. The summed E-state index contributed by atoms with van der Waals surface area (Å²) in [6.07, 6.45) is 5.61. The predicted molar refractivity (Wildman–Crippen MR) is 81.4 cm³/mol. The first kappa shape index (κ1) is 12.2. The normalized spacial score (nSPS) is 10.8. The van der Waals surface area contributed by atoms with E-state index in [0.29, 0.717) is 0 Å². The number of aliphatic imine (C=N–C) groups is 1. The topological polar surface area (TPSA) is 49.4 Å². The van der Waals surface area contributed by atoms with Gasteiger partial charge in [-0.25, -0.2) is 5.41 Å². The van der Waals surface area contributed by atoms with Crippen LogP contribution in [0, 0.1) is 5.41 Å². The molecule has 0 bridgehead atoms. The quantitative estimate of drug-likeness (QED) is 0.663. The van der Waals surface area contributed by atoms with Crippen molar-refractivity contribution in [2.75, 3.05) is 0 Å². The number of nitrogens with one attached hydrogen (secondary N) is 1. The van der Waals surface area contributed by atoms with Gasteiger partial charge in [-0.1, -0.05) is 24.3 Å². The fourth-order valence-electron chi connectivity index (χ4n) is 2.05. The summed E-state index contributed by atoms with van der Waals surface area (Å²) in [7, 11) is 0. The number of hydrogen-bond donors (Lipinski definition) is 1. The first-order valence-electron chi connectivity index (χ1n) is 6.23. The minimum Gasteiger partial charge on any atom is -0.465 e. The molecular formula is C17H12N2O. The lowest BCUT2D eigenvalue weighted by molar-refractivity contribution is 0.557. The van der Waals surface area contributed by atoms with Crippen LogP contribution in [0.2, 0.25) is 0 Å². The molecule has 0 saturated carbocycles. The molecule has 2 aromatic carbocycles. The zero-order valence-electron chi connectivity index (χ0n) is 10.7. The van der Waals surface area contributed by atoms with E-state index in [1.54, 1.807) is 6.26 Å². The lowest BCUT2D eigenvalue weighted by Gasteiger charge is -2.00. The molecule has 96 valence electrons. The van der Waals surface area contributed by atoms with Gasteiger partial charge < -0.3 is 4.42 Å². The van der Waals surface area contributed by atoms with Crippen molar-refractivity contribution in [3.05, 3.63) is 66.1 Å². The molecule has 3 rings (SSSR count). The summed E-state index contributed by atoms with van der Waals surface area (Å²) in [5, 5.41) is 9.10. The average Bonchev–Trinajstić information content (AvgIpc) is 2.99. The van der Waals surface area contributed by atoms with Gasteiger partial charge in [0.1, 0.15) is 5.76 Å². The largest absolute Gasteiger partial charge is 0.465 e. The smallest absolute Gasteiger partial charge is 0.126 e. The van der Waals surface area contributed by atoms with Crippen LogP contribution in [0.15, 0.2) is 64.2 Å². The van der Waals surface area contributed by atoms with E-state index in [9.17, 15) is 0 Å². The van der Waals surface area contributed by atoms with Gasteiger partial charge in [0.15, 0.2) is 0 Å². The minimum absolute atomic E-state index is 0.742. The second-order valence-corrected chi connectivity index (χ2v) is 4.36. The molecule has 20 heavy (non-hydrogen) atoms. The SMILES string of the molecule is N=C=Nc1ccc2cc(/C=C/c3ccco3)ccc2c1. The average molecular weight is 260 g/mol. The van der Waals surface area contributed by atoms with Crippen molar-refractivity contribution in [3.63, 3.8) is 0 Å². The number of nitrogens with zero attached hydrogens (tertiary/aromatic N) is 1. The summed E-state index contributed by atoms with van der Waals surface area (Å²) >= 11 is 0. The van der Waals surface area contributed by atoms with Crippen molar-refractivity contribution in [1.82, 2.24) is 0 Å². The summed E-state index contributed by atoms with van der Waals surface area (Å²) in [6.45, 7) is 0. The Kier molecular flexibility index (Phi) is 3.27.